The molecule has 3 aliphatic rings. The highest BCUT2D eigenvalue weighted by Gasteiger charge is 2.43. The van der Waals surface area contributed by atoms with Gasteiger partial charge in [0.25, 0.3) is 0 Å². The van der Waals surface area contributed by atoms with E-state index in [1.54, 1.807) is 0 Å². The maximum atomic E-state index is 12.8. The molecule has 1 spiro atoms. The second-order valence-corrected chi connectivity index (χ2v) is 10.6. The number of hydrogen-bond donors (Lipinski definition) is 1. The summed E-state index contributed by atoms with van der Waals surface area (Å²) in [6, 6.07) is 6.74. The van der Waals surface area contributed by atoms with Crippen LogP contribution in [0, 0.1) is 19.8 Å². The van der Waals surface area contributed by atoms with Crippen LogP contribution in [0.2, 0.25) is 0 Å². The fraction of sp³-hybridized carbons (Fsp3) is 0.731. The van der Waals surface area contributed by atoms with E-state index in [-0.39, 0.29) is 11.6 Å². The van der Waals surface area contributed by atoms with Crippen molar-refractivity contribution in [3.05, 3.63) is 29.3 Å². The number of amides is 2. The fourth-order valence-electron chi connectivity index (χ4n) is 5.63. The molecule has 2 amide bonds. The predicted molar refractivity (Wildman–Crippen MR) is 130 cm³/mol. The van der Waals surface area contributed by atoms with E-state index in [2.05, 4.69) is 54.9 Å². The second-order valence-electron chi connectivity index (χ2n) is 10.6. The largest absolute Gasteiger partial charge is 0.375 e. The molecule has 4 rings (SSSR count). The van der Waals surface area contributed by atoms with Crippen LogP contribution in [0.5, 0.6) is 0 Å². The molecule has 32 heavy (non-hydrogen) atoms. The Balaban J connectivity index is 1.27. The van der Waals surface area contributed by atoms with Gasteiger partial charge >= 0.3 is 6.03 Å². The number of ether oxygens (including phenoxy) is 1. The SMILES string of the molecule is Cc1ccc(NC(=O)N2CCC3(CC2)C[C@H](N2CCN(CC(C)C)CC2)CCO3)cc1C. The first kappa shape index (κ1) is 23.5. The molecule has 0 saturated carbocycles. The second kappa shape index (κ2) is 10.1. The quantitative estimate of drug-likeness (QED) is 0.762. The number of carbonyl (C=O) groups excluding carboxylic acids is 1. The molecule has 178 valence electrons. The van der Waals surface area contributed by atoms with Crippen LogP contribution < -0.4 is 5.32 Å². The standard InChI is InChI=1S/C26H42N4O2/c1-20(2)19-28-12-14-29(15-13-28)24-7-16-32-26(18-24)8-10-30(11-9-26)25(31)27-23-6-5-21(3)22(4)17-23/h5-6,17,20,24H,7-16,18-19H2,1-4H3,(H,27,31)/t24-/m1/s1. The van der Waals surface area contributed by atoms with E-state index in [0.717, 1.165) is 57.0 Å². The molecule has 1 atom stereocenters. The maximum Gasteiger partial charge on any atom is 0.321 e. The number of hydrogen-bond acceptors (Lipinski definition) is 4. The van der Waals surface area contributed by atoms with Gasteiger partial charge in [-0.25, -0.2) is 4.79 Å². The molecular formula is C26H42N4O2. The number of anilines is 1. The summed E-state index contributed by atoms with van der Waals surface area (Å²) in [6.45, 7) is 17.1. The van der Waals surface area contributed by atoms with Crippen LogP contribution in [0.1, 0.15) is 50.7 Å². The van der Waals surface area contributed by atoms with Crippen LogP contribution in [-0.4, -0.2) is 84.8 Å². The van der Waals surface area contributed by atoms with Gasteiger partial charge in [-0.2, -0.15) is 0 Å². The fourth-order valence-corrected chi connectivity index (χ4v) is 5.63. The number of urea groups is 1. The summed E-state index contributed by atoms with van der Waals surface area (Å²) in [5.41, 5.74) is 3.28. The van der Waals surface area contributed by atoms with Gasteiger partial charge in [-0.1, -0.05) is 19.9 Å². The third kappa shape index (κ3) is 5.64. The lowest BCUT2D eigenvalue weighted by atomic mass is 9.81. The zero-order chi connectivity index (χ0) is 22.7. The van der Waals surface area contributed by atoms with Crippen molar-refractivity contribution in [3.8, 4) is 0 Å². The van der Waals surface area contributed by atoms with Gasteiger partial charge in [0.05, 0.1) is 5.60 Å². The van der Waals surface area contributed by atoms with E-state index in [0.29, 0.717) is 6.04 Å². The lowest BCUT2D eigenvalue weighted by Gasteiger charge is -2.49. The predicted octanol–water partition coefficient (Wildman–Crippen LogP) is 4.12. The van der Waals surface area contributed by atoms with Crippen LogP contribution in [0.15, 0.2) is 18.2 Å². The van der Waals surface area contributed by atoms with Crippen LogP contribution in [0.25, 0.3) is 0 Å². The van der Waals surface area contributed by atoms with Crippen molar-refractivity contribution in [1.82, 2.24) is 14.7 Å². The van der Waals surface area contributed by atoms with Gasteiger partial charge in [-0.3, -0.25) is 4.90 Å². The third-order valence-corrected chi connectivity index (χ3v) is 7.73. The molecular weight excluding hydrogens is 400 g/mol. The van der Waals surface area contributed by atoms with Crippen molar-refractivity contribution >= 4 is 11.7 Å². The molecule has 3 saturated heterocycles. The monoisotopic (exact) mass is 442 g/mol. The zero-order valence-electron chi connectivity index (χ0n) is 20.5. The van der Waals surface area contributed by atoms with Crippen LogP contribution in [0.3, 0.4) is 0 Å². The van der Waals surface area contributed by atoms with Crippen molar-refractivity contribution in [1.29, 1.82) is 0 Å². The lowest BCUT2D eigenvalue weighted by molar-refractivity contribution is -0.131. The van der Waals surface area contributed by atoms with Gasteiger partial charge in [0.15, 0.2) is 0 Å². The van der Waals surface area contributed by atoms with E-state index in [1.807, 2.05) is 11.0 Å². The number of nitrogens with zero attached hydrogens (tertiary/aromatic N) is 3. The first-order valence-electron chi connectivity index (χ1n) is 12.6. The van der Waals surface area contributed by atoms with Gasteiger partial charge in [0.1, 0.15) is 0 Å². The third-order valence-electron chi connectivity index (χ3n) is 7.73. The lowest BCUT2D eigenvalue weighted by Crippen LogP contribution is -2.57. The van der Waals surface area contributed by atoms with Gasteiger partial charge in [0.2, 0.25) is 0 Å². The Morgan fingerprint density at radius 1 is 1.09 bits per heavy atom. The first-order valence-corrected chi connectivity index (χ1v) is 12.6. The smallest absolute Gasteiger partial charge is 0.321 e. The Bertz CT molecular complexity index is 780. The summed E-state index contributed by atoms with van der Waals surface area (Å²) < 4.78 is 6.38. The summed E-state index contributed by atoms with van der Waals surface area (Å²) in [5, 5.41) is 3.08. The van der Waals surface area contributed by atoms with E-state index in [4.69, 9.17) is 4.74 Å². The molecule has 0 radical (unpaired) electrons. The van der Waals surface area contributed by atoms with Crippen LogP contribution >= 0.6 is 0 Å². The Hall–Kier alpha value is -1.63. The molecule has 3 aliphatic heterocycles. The Labute approximate surface area is 194 Å². The number of carbonyl (C=O) groups is 1. The number of rotatable bonds is 4. The van der Waals surface area contributed by atoms with Gasteiger partial charge in [0, 0.05) is 64.1 Å². The molecule has 1 N–H and O–H groups in total. The number of piperidine rings is 1. The molecule has 0 aliphatic carbocycles. The van der Waals surface area contributed by atoms with Crippen molar-refractivity contribution in [2.75, 3.05) is 57.7 Å². The summed E-state index contributed by atoms with van der Waals surface area (Å²) in [7, 11) is 0. The first-order chi connectivity index (χ1) is 15.3. The van der Waals surface area contributed by atoms with E-state index >= 15 is 0 Å². The molecule has 0 unspecified atom stereocenters. The molecule has 1 aromatic carbocycles. The molecule has 6 nitrogen and oxygen atoms in total. The Kier molecular flexibility index (Phi) is 7.43. The highest BCUT2D eigenvalue weighted by atomic mass is 16.5. The minimum Gasteiger partial charge on any atom is -0.375 e. The molecule has 6 heteroatoms. The average molecular weight is 443 g/mol. The van der Waals surface area contributed by atoms with Crippen molar-refractivity contribution < 1.29 is 9.53 Å². The van der Waals surface area contributed by atoms with E-state index < -0.39 is 0 Å². The van der Waals surface area contributed by atoms with Crippen molar-refractivity contribution in [3.63, 3.8) is 0 Å². The van der Waals surface area contributed by atoms with Gasteiger partial charge < -0.3 is 19.9 Å². The van der Waals surface area contributed by atoms with E-state index in [1.165, 1.54) is 43.9 Å². The number of nitrogens with one attached hydrogen (secondary N) is 1. The zero-order valence-corrected chi connectivity index (χ0v) is 20.5. The molecule has 1 aromatic rings. The summed E-state index contributed by atoms with van der Waals surface area (Å²) in [4.78, 5) is 20.1. The molecule has 0 aromatic heterocycles. The summed E-state index contributed by atoms with van der Waals surface area (Å²) in [5.74, 6) is 0.741. The number of aryl methyl sites for hydroxylation is 2. The molecule has 3 fully saturated rings. The Morgan fingerprint density at radius 3 is 2.47 bits per heavy atom. The Morgan fingerprint density at radius 2 is 1.81 bits per heavy atom. The maximum absolute atomic E-state index is 12.8. The highest BCUT2D eigenvalue weighted by Crippen LogP contribution is 2.37. The van der Waals surface area contributed by atoms with Crippen molar-refractivity contribution in [2.45, 2.75) is 65.0 Å². The van der Waals surface area contributed by atoms with Gasteiger partial charge in [-0.05, 0) is 68.7 Å². The normalized spacial score (nSPS) is 24.8. The van der Waals surface area contributed by atoms with Gasteiger partial charge in [-0.15, -0.1) is 0 Å². The summed E-state index contributed by atoms with van der Waals surface area (Å²) in [6.07, 6.45) is 4.14. The number of likely N-dealkylation sites (tertiary alicyclic amines) is 1. The van der Waals surface area contributed by atoms with Crippen LogP contribution in [-0.2, 0) is 4.74 Å². The van der Waals surface area contributed by atoms with E-state index in [9.17, 15) is 4.79 Å². The highest BCUT2D eigenvalue weighted by molar-refractivity contribution is 5.89. The van der Waals surface area contributed by atoms with Crippen LogP contribution in [0.4, 0.5) is 10.5 Å². The summed E-state index contributed by atoms with van der Waals surface area (Å²) >= 11 is 0. The topological polar surface area (TPSA) is 48.1 Å². The average Bonchev–Trinajstić information content (AvgIpc) is 2.77. The minimum atomic E-state index is -0.0464. The van der Waals surface area contributed by atoms with Crippen molar-refractivity contribution in [2.24, 2.45) is 5.92 Å². The number of benzene rings is 1. The molecule has 3 heterocycles. The number of piperazine rings is 1. The minimum absolute atomic E-state index is 0.0109. The molecule has 0 bridgehead atoms.